The summed E-state index contributed by atoms with van der Waals surface area (Å²) in [5, 5.41) is 7.96. The average molecular weight is 222 g/mol. The molecule has 1 saturated heterocycles. The maximum atomic E-state index is 4.49. The summed E-state index contributed by atoms with van der Waals surface area (Å²) in [6.45, 7) is 11.8. The van der Waals surface area contributed by atoms with Gasteiger partial charge in [-0.25, -0.2) is 0 Å². The van der Waals surface area contributed by atoms with E-state index in [-0.39, 0.29) is 0 Å². The molecular formula is C12H22N4. The molecule has 0 amide bonds. The number of nitrogens with zero attached hydrogens (tertiary/aromatic N) is 3. The second-order valence-electron chi connectivity index (χ2n) is 4.68. The first-order valence-corrected chi connectivity index (χ1v) is 6.18. The zero-order valence-electron chi connectivity index (χ0n) is 10.5. The van der Waals surface area contributed by atoms with Crippen LogP contribution in [0.2, 0.25) is 0 Å². The molecule has 0 aromatic carbocycles. The first kappa shape index (κ1) is 11.6. The summed E-state index contributed by atoms with van der Waals surface area (Å²) in [7, 11) is 0. The summed E-state index contributed by atoms with van der Waals surface area (Å²) in [5.74, 6) is 0. The van der Waals surface area contributed by atoms with Crippen LogP contribution < -0.4 is 5.32 Å². The molecule has 0 bridgehead atoms. The largest absolute Gasteiger partial charge is 0.312 e. The van der Waals surface area contributed by atoms with Gasteiger partial charge in [-0.1, -0.05) is 0 Å². The molecule has 1 fully saturated rings. The molecule has 2 rings (SSSR count). The van der Waals surface area contributed by atoms with E-state index < -0.39 is 0 Å². The van der Waals surface area contributed by atoms with E-state index in [0.717, 1.165) is 38.4 Å². The fourth-order valence-electron chi connectivity index (χ4n) is 2.39. The summed E-state index contributed by atoms with van der Waals surface area (Å²) in [4.78, 5) is 2.50. The van der Waals surface area contributed by atoms with Gasteiger partial charge in [-0.05, 0) is 26.8 Å². The van der Waals surface area contributed by atoms with Crippen LogP contribution in [0.15, 0.2) is 6.07 Å². The van der Waals surface area contributed by atoms with Crippen molar-refractivity contribution in [2.45, 2.75) is 39.9 Å². The van der Waals surface area contributed by atoms with Crippen molar-refractivity contribution in [2.24, 2.45) is 0 Å². The Balaban J connectivity index is 2.02. The third-order valence-corrected chi connectivity index (χ3v) is 3.12. The Hall–Kier alpha value is -0.870. The van der Waals surface area contributed by atoms with Crippen LogP contribution in [0.1, 0.15) is 25.2 Å². The fourth-order valence-corrected chi connectivity index (χ4v) is 2.39. The van der Waals surface area contributed by atoms with Crippen molar-refractivity contribution >= 4 is 0 Å². The molecule has 1 aromatic rings. The van der Waals surface area contributed by atoms with Gasteiger partial charge >= 0.3 is 0 Å². The van der Waals surface area contributed by atoms with Crippen LogP contribution in [-0.4, -0.2) is 40.4 Å². The third kappa shape index (κ3) is 2.62. The van der Waals surface area contributed by atoms with Crippen molar-refractivity contribution in [1.29, 1.82) is 0 Å². The van der Waals surface area contributed by atoms with Crippen LogP contribution in [0, 0.1) is 6.92 Å². The molecule has 1 aromatic heterocycles. The first-order chi connectivity index (χ1) is 7.69. The highest BCUT2D eigenvalue weighted by atomic mass is 15.3. The standard InChI is InChI=1S/C12H22N4/c1-4-16-12(7-10(2)14-16)9-15-6-5-13-11(3)8-15/h7,11,13H,4-6,8-9H2,1-3H3/t11-/m1/s1. The van der Waals surface area contributed by atoms with E-state index in [1.165, 1.54) is 5.69 Å². The summed E-state index contributed by atoms with van der Waals surface area (Å²) >= 11 is 0. The lowest BCUT2D eigenvalue weighted by molar-refractivity contribution is 0.194. The maximum Gasteiger partial charge on any atom is 0.0597 e. The molecule has 0 unspecified atom stereocenters. The quantitative estimate of drug-likeness (QED) is 0.828. The Kier molecular flexibility index (Phi) is 3.61. The molecule has 4 nitrogen and oxygen atoms in total. The minimum absolute atomic E-state index is 0.604. The molecule has 1 aliphatic rings. The highest BCUT2D eigenvalue weighted by Crippen LogP contribution is 2.09. The van der Waals surface area contributed by atoms with Crippen molar-refractivity contribution in [1.82, 2.24) is 20.0 Å². The minimum Gasteiger partial charge on any atom is -0.312 e. The smallest absolute Gasteiger partial charge is 0.0597 e. The van der Waals surface area contributed by atoms with E-state index in [1.54, 1.807) is 0 Å². The molecule has 1 atom stereocenters. The van der Waals surface area contributed by atoms with E-state index in [4.69, 9.17) is 0 Å². The molecule has 1 aliphatic heterocycles. The number of rotatable bonds is 3. The maximum absolute atomic E-state index is 4.49. The summed E-state index contributed by atoms with van der Waals surface area (Å²) in [6.07, 6.45) is 0. The number of hydrogen-bond donors (Lipinski definition) is 1. The van der Waals surface area contributed by atoms with Crippen molar-refractivity contribution in [3.05, 3.63) is 17.5 Å². The van der Waals surface area contributed by atoms with E-state index in [1.807, 2.05) is 0 Å². The predicted molar refractivity (Wildman–Crippen MR) is 65.4 cm³/mol. The molecule has 2 heterocycles. The summed E-state index contributed by atoms with van der Waals surface area (Å²) < 4.78 is 2.11. The highest BCUT2D eigenvalue weighted by Gasteiger charge is 2.17. The lowest BCUT2D eigenvalue weighted by Crippen LogP contribution is -2.48. The van der Waals surface area contributed by atoms with Gasteiger partial charge in [-0.15, -0.1) is 0 Å². The second-order valence-corrected chi connectivity index (χ2v) is 4.68. The summed E-state index contributed by atoms with van der Waals surface area (Å²) in [6, 6.07) is 2.81. The molecule has 16 heavy (non-hydrogen) atoms. The lowest BCUT2D eigenvalue weighted by atomic mass is 10.2. The predicted octanol–water partition coefficient (Wildman–Crippen LogP) is 1.01. The Morgan fingerprint density at radius 3 is 3.06 bits per heavy atom. The first-order valence-electron chi connectivity index (χ1n) is 6.18. The van der Waals surface area contributed by atoms with Gasteiger partial charge in [0.15, 0.2) is 0 Å². The topological polar surface area (TPSA) is 33.1 Å². The highest BCUT2D eigenvalue weighted by molar-refractivity contribution is 5.09. The van der Waals surface area contributed by atoms with Gasteiger partial charge in [-0.3, -0.25) is 9.58 Å². The lowest BCUT2D eigenvalue weighted by Gasteiger charge is -2.31. The number of piperazine rings is 1. The van der Waals surface area contributed by atoms with E-state index in [9.17, 15) is 0 Å². The van der Waals surface area contributed by atoms with Crippen LogP contribution in [0.4, 0.5) is 0 Å². The van der Waals surface area contributed by atoms with Crippen molar-refractivity contribution in [3.63, 3.8) is 0 Å². The number of nitrogens with one attached hydrogen (secondary N) is 1. The van der Waals surface area contributed by atoms with Gasteiger partial charge in [0, 0.05) is 38.8 Å². The van der Waals surface area contributed by atoms with Crippen LogP contribution in [0.3, 0.4) is 0 Å². The molecule has 0 aliphatic carbocycles. The molecule has 0 radical (unpaired) electrons. The van der Waals surface area contributed by atoms with Crippen LogP contribution in [0.5, 0.6) is 0 Å². The fraction of sp³-hybridized carbons (Fsp3) is 0.750. The van der Waals surface area contributed by atoms with Gasteiger partial charge < -0.3 is 5.32 Å². The molecular weight excluding hydrogens is 200 g/mol. The second kappa shape index (κ2) is 4.97. The molecule has 90 valence electrons. The van der Waals surface area contributed by atoms with Crippen LogP contribution in [-0.2, 0) is 13.1 Å². The van der Waals surface area contributed by atoms with Crippen molar-refractivity contribution in [2.75, 3.05) is 19.6 Å². The van der Waals surface area contributed by atoms with Crippen LogP contribution in [0.25, 0.3) is 0 Å². The van der Waals surface area contributed by atoms with E-state index in [2.05, 4.69) is 46.8 Å². The SMILES string of the molecule is CCn1nc(C)cc1CN1CCN[C@H](C)C1. The van der Waals surface area contributed by atoms with Gasteiger partial charge in [0.1, 0.15) is 0 Å². The van der Waals surface area contributed by atoms with Gasteiger partial charge in [0.25, 0.3) is 0 Å². The molecule has 0 spiro atoms. The van der Waals surface area contributed by atoms with E-state index in [0.29, 0.717) is 6.04 Å². The number of aromatic nitrogens is 2. The Morgan fingerprint density at radius 1 is 1.56 bits per heavy atom. The van der Waals surface area contributed by atoms with Crippen molar-refractivity contribution < 1.29 is 0 Å². The monoisotopic (exact) mass is 222 g/mol. The van der Waals surface area contributed by atoms with Crippen molar-refractivity contribution in [3.8, 4) is 0 Å². The Bertz CT molecular complexity index is 345. The van der Waals surface area contributed by atoms with Gasteiger partial charge in [0.2, 0.25) is 0 Å². The minimum atomic E-state index is 0.604. The molecule has 4 heteroatoms. The Labute approximate surface area is 97.6 Å². The Morgan fingerprint density at radius 2 is 2.38 bits per heavy atom. The van der Waals surface area contributed by atoms with E-state index >= 15 is 0 Å². The molecule has 1 N–H and O–H groups in total. The zero-order chi connectivity index (χ0) is 11.5. The van der Waals surface area contributed by atoms with Gasteiger partial charge in [-0.2, -0.15) is 5.10 Å². The summed E-state index contributed by atoms with van der Waals surface area (Å²) in [5.41, 5.74) is 2.47. The zero-order valence-corrected chi connectivity index (χ0v) is 10.5. The van der Waals surface area contributed by atoms with Gasteiger partial charge in [0.05, 0.1) is 11.4 Å². The third-order valence-electron chi connectivity index (χ3n) is 3.12. The van der Waals surface area contributed by atoms with Crippen LogP contribution >= 0.6 is 0 Å². The number of aryl methyl sites for hydroxylation is 2. The average Bonchev–Trinajstić information content (AvgIpc) is 2.59. The number of hydrogen-bond acceptors (Lipinski definition) is 3. The molecule has 0 saturated carbocycles. The normalized spacial score (nSPS) is 22.6.